The SMILES string of the molecule is COCC[C@@H]1CN(C(=O)c2ccncn2)Cc2cccn2C1. The lowest BCUT2D eigenvalue weighted by Crippen LogP contribution is -2.34. The van der Waals surface area contributed by atoms with E-state index < -0.39 is 0 Å². The van der Waals surface area contributed by atoms with Gasteiger partial charge in [-0.2, -0.15) is 0 Å². The summed E-state index contributed by atoms with van der Waals surface area (Å²) in [7, 11) is 1.71. The summed E-state index contributed by atoms with van der Waals surface area (Å²) in [5, 5.41) is 0. The van der Waals surface area contributed by atoms with Gasteiger partial charge >= 0.3 is 0 Å². The number of hydrogen-bond donors (Lipinski definition) is 0. The van der Waals surface area contributed by atoms with Crippen molar-refractivity contribution in [2.45, 2.75) is 19.5 Å². The minimum Gasteiger partial charge on any atom is -0.385 e. The molecule has 0 unspecified atom stereocenters. The van der Waals surface area contributed by atoms with Gasteiger partial charge < -0.3 is 14.2 Å². The van der Waals surface area contributed by atoms with Crippen LogP contribution in [0.3, 0.4) is 0 Å². The summed E-state index contributed by atoms with van der Waals surface area (Å²) in [5.41, 5.74) is 1.60. The minimum atomic E-state index is -0.0422. The fraction of sp³-hybridized carbons (Fsp3) is 0.438. The number of hydrogen-bond acceptors (Lipinski definition) is 4. The molecule has 1 atom stereocenters. The number of nitrogens with zero attached hydrogens (tertiary/aromatic N) is 4. The van der Waals surface area contributed by atoms with E-state index in [1.165, 1.54) is 6.33 Å². The van der Waals surface area contributed by atoms with E-state index in [0.717, 1.165) is 18.7 Å². The Hall–Kier alpha value is -2.21. The highest BCUT2D eigenvalue weighted by molar-refractivity contribution is 5.92. The maximum atomic E-state index is 12.7. The highest BCUT2D eigenvalue weighted by Crippen LogP contribution is 2.20. The Bertz CT molecular complexity index is 626. The van der Waals surface area contributed by atoms with Crippen LogP contribution in [-0.4, -0.2) is 45.6 Å². The van der Waals surface area contributed by atoms with Gasteiger partial charge in [0.25, 0.3) is 5.91 Å². The third kappa shape index (κ3) is 3.17. The second-order valence-electron chi connectivity index (χ2n) is 5.58. The predicted molar refractivity (Wildman–Crippen MR) is 81.2 cm³/mol. The molecule has 3 heterocycles. The lowest BCUT2D eigenvalue weighted by atomic mass is 10.1. The maximum Gasteiger partial charge on any atom is 0.272 e. The fourth-order valence-corrected chi connectivity index (χ4v) is 2.88. The van der Waals surface area contributed by atoms with Crippen LogP contribution in [0, 0.1) is 5.92 Å². The smallest absolute Gasteiger partial charge is 0.272 e. The summed E-state index contributed by atoms with van der Waals surface area (Å²) in [6, 6.07) is 5.76. The van der Waals surface area contributed by atoms with Gasteiger partial charge in [-0.15, -0.1) is 0 Å². The Balaban J connectivity index is 1.82. The van der Waals surface area contributed by atoms with Gasteiger partial charge in [0.2, 0.25) is 0 Å². The van der Waals surface area contributed by atoms with Crippen LogP contribution in [0.2, 0.25) is 0 Å². The Morgan fingerprint density at radius 2 is 2.32 bits per heavy atom. The number of aromatic nitrogens is 3. The van der Waals surface area contributed by atoms with Crippen LogP contribution in [0.25, 0.3) is 0 Å². The highest BCUT2D eigenvalue weighted by atomic mass is 16.5. The highest BCUT2D eigenvalue weighted by Gasteiger charge is 2.26. The van der Waals surface area contributed by atoms with Gasteiger partial charge in [0.05, 0.1) is 6.54 Å². The molecule has 0 radical (unpaired) electrons. The minimum absolute atomic E-state index is 0.0422. The number of ether oxygens (including phenoxy) is 1. The number of amides is 1. The van der Waals surface area contributed by atoms with Crippen LogP contribution >= 0.6 is 0 Å². The van der Waals surface area contributed by atoms with E-state index in [1.54, 1.807) is 19.4 Å². The summed E-state index contributed by atoms with van der Waals surface area (Å²) in [4.78, 5) is 22.5. The maximum absolute atomic E-state index is 12.7. The summed E-state index contributed by atoms with van der Waals surface area (Å²) in [5.74, 6) is 0.332. The Morgan fingerprint density at radius 1 is 1.41 bits per heavy atom. The largest absolute Gasteiger partial charge is 0.385 e. The summed E-state index contributed by atoms with van der Waals surface area (Å²) < 4.78 is 7.43. The van der Waals surface area contributed by atoms with Crippen molar-refractivity contribution in [1.82, 2.24) is 19.4 Å². The van der Waals surface area contributed by atoms with Gasteiger partial charge in [-0.3, -0.25) is 4.79 Å². The molecular formula is C16H20N4O2. The molecule has 116 valence electrons. The molecule has 0 saturated heterocycles. The van der Waals surface area contributed by atoms with Crippen molar-refractivity contribution in [3.8, 4) is 0 Å². The molecule has 2 aromatic heterocycles. The summed E-state index contributed by atoms with van der Waals surface area (Å²) in [6.07, 6.45) is 6.02. The molecule has 2 aromatic rings. The zero-order valence-electron chi connectivity index (χ0n) is 12.7. The van der Waals surface area contributed by atoms with Crippen molar-refractivity contribution >= 4 is 5.91 Å². The van der Waals surface area contributed by atoms with Crippen LogP contribution in [0.1, 0.15) is 22.6 Å². The van der Waals surface area contributed by atoms with E-state index in [-0.39, 0.29) is 5.91 Å². The zero-order chi connectivity index (χ0) is 15.4. The van der Waals surface area contributed by atoms with Crippen LogP contribution in [0.4, 0.5) is 0 Å². The first-order chi connectivity index (χ1) is 10.8. The van der Waals surface area contributed by atoms with Crippen LogP contribution in [0.15, 0.2) is 36.9 Å². The zero-order valence-corrected chi connectivity index (χ0v) is 12.7. The van der Waals surface area contributed by atoms with E-state index in [0.29, 0.717) is 31.3 Å². The third-order valence-corrected chi connectivity index (χ3v) is 4.03. The van der Waals surface area contributed by atoms with Crippen molar-refractivity contribution in [2.24, 2.45) is 5.92 Å². The van der Waals surface area contributed by atoms with E-state index in [9.17, 15) is 4.79 Å². The molecule has 0 fully saturated rings. The number of carbonyl (C=O) groups is 1. The first kappa shape index (κ1) is 14.7. The second-order valence-corrected chi connectivity index (χ2v) is 5.58. The standard InChI is InChI=1S/C16H20N4O2/c1-22-8-5-13-9-19-7-2-3-14(19)11-20(10-13)16(21)15-4-6-17-12-18-15/h2-4,6-7,12-13H,5,8-11H2,1H3/t13-/m0/s1. The molecular weight excluding hydrogens is 280 g/mol. The van der Waals surface area contributed by atoms with E-state index in [4.69, 9.17) is 4.74 Å². The normalized spacial score (nSPS) is 17.9. The Labute approximate surface area is 129 Å². The predicted octanol–water partition coefficient (Wildman–Crippen LogP) is 1.59. The van der Waals surface area contributed by atoms with Crippen molar-refractivity contribution in [1.29, 1.82) is 0 Å². The van der Waals surface area contributed by atoms with Gasteiger partial charge in [0.15, 0.2) is 0 Å². The van der Waals surface area contributed by atoms with Crippen molar-refractivity contribution < 1.29 is 9.53 Å². The molecule has 0 spiro atoms. The topological polar surface area (TPSA) is 60.2 Å². The van der Waals surface area contributed by atoms with Gasteiger partial charge in [0.1, 0.15) is 12.0 Å². The molecule has 6 nitrogen and oxygen atoms in total. The lowest BCUT2D eigenvalue weighted by Gasteiger charge is -2.23. The number of rotatable bonds is 4. The molecule has 0 aliphatic carbocycles. The van der Waals surface area contributed by atoms with Gasteiger partial charge in [0, 0.05) is 44.9 Å². The molecule has 0 aromatic carbocycles. The van der Waals surface area contributed by atoms with E-state index in [1.807, 2.05) is 11.0 Å². The molecule has 22 heavy (non-hydrogen) atoms. The average molecular weight is 300 g/mol. The fourth-order valence-electron chi connectivity index (χ4n) is 2.88. The molecule has 0 N–H and O–H groups in total. The third-order valence-electron chi connectivity index (χ3n) is 4.03. The molecule has 1 aliphatic heterocycles. The molecule has 1 aliphatic rings. The Morgan fingerprint density at radius 3 is 3.09 bits per heavy atom. The van der Waals surface area contributed by atoms with Gasteiger partial charge in [-0.25, -0.2) is 9.97 Å². The lowest BCUT2D eigenvalue weighted by molar-refractivity contribution is 0.0699. The van der Waals surface area contributed by atoms with E-state index in [2.05, 4.69) is 26.8 Å². The second kappa shape index (κ2) is 6.70. The molecule has 6 heteroatoms. The molecule has 0 bridgehead atoms. The van der Waals surface area contributed by atoms with Gasteiger partial charge in [-0.05, 0) is 30.5 Å². The quantitative estimate of drug-likeness (QED) is 0.860. The summed E-state index contributed by atoms with van der Waals surface area (Å²) in [6.45, 7) is 2.95. The average Bonchev–Trinajstić information content (AvgIpc) is 2.91. The van der Waals surface area contributed by atoms with Crippen molar-refractivity contribution in [3.63, 3.8) is 0 Å². The van der Waals surface area contributed by atoms with E-state index >= 15 is 0 Å². The molecule has 0 saturated carbocycles. The van der Waals surface area contributed by atoms with Crippen molar-refractivity contribution in [3.05, 3.63) is 48.3 Å². The number of methoxy groups -OCH3 is 1. The van der Waals surface area contributed by atoms with Gasteiger partial charge in [-0.1, -0.05) is 0 Å². The number of fused-ring (bicyclic) bond motifs is 1. The van der Waals surface area contributed by atoms with Crippen LogP contribution < -0.4 is 0 Å². The first-order valence-corrected chi connectivity index (χ1v) is 7.46. The van der Waals surface area contributed by atoms with Crippen LogP contribution in [-0.2, 0) is 17.8 Å². The van der Waals surface area contributed by atoms with Crippen LogP contribution in [0.5, 0.6) is 0 Å². The molecule has 3 rings (SSSR count). The monoisotopic (exact) mass is 300 g/mol. The van der Waals surface area contributed by atoms with Crippen molar-refractivity contribution in [2.75, 3.05) is 20.3 Å². The number of carbonyl (C=O) groups excluding carboxylic acids is 1. The Kier molecular flexibility index (Phi) is 4.48. The molecule has 1 amide bonds. The first-order valence-electron chi connectivity index (χ1n) is 7.46. The summed E-state index contributed by atoms with van der Waals surface area (Å²) >= 11 is 0.